The highest BCUT2D eigenvalue weighted by Gasteiger charge is 1.99. The number of hydrogen-bond donors (Lipinski definition) is 1. The van der Waals surface area contributed by atoms with Crippen molar-refractivity contribution in [2.45, 2.75) is 103 Å². The van der Waals surface area contributed by atoms with Crippen molar-refractivity contribution in [1.29, 1.82) is 0 Å². The molecule has 1 N–H and O–H groups in total. The van der Waals surface area contributed by atoms with Gasteiger partial charge in [0.05, 0.1) is 0 Å². The second-order valence-electron chi connectivity index (χ2n) is 6.35. The first-order chi connectivity index (χ1) is 10.8. The Hall–Kier alpha value is -0.630. The van der Waals surface area contributed by atoms with Gasteiger partial charge < -0.3 is 5.11 Å². The molecule has 0 aliphatic heterocycles. The lowest BCUT2D eigenvalue weighted by Crippen LogP contribution is -2.00. The minimum absolute atomic E-state index is 0.00388. The van der Waals surface area contributed by atoms with E-state index in [9.17, 15) is 4.79 Å². The summed E-state index contributed by atoms with van der Waals surface area (Å²) in [6.45, 7) is 2.27. The van der Waals surface area contributed by atoms with Crippen LogP contribution in [0.15, 0.2) is 12.2 Å². The maximum atomic E-state index is 11.2. The summed E-state index contributed by atoms with van der Waals surface area (Å²) in [5, 5.41) is 8.63. The predicted octanol–water partition coefficient (Wildman–Crippen LogP) is 5.98. The van der Waals surface area contributed by atoms with Gasteiger partial charge >= 0.3 is 0 Å². The lowest BCUT2D eigenvalue weighted by molar-refractivity contribution is -0.119. The van der Waals surface area contributed by atoms with Crippen LogP contribution in [-0.4, -0.2) is 17.5 Å². The molecule has 0 heterocycles. The quantitative estimate of drug-likeness (QED) is 0.265. The minimum Gasteiger partial charge on any atom is -0.396 e. The Morgan fingerprint density at radius 1 is 0.727 bits per heavy atom. The smallest absolute Gasteiger partial charge is 0.135 e. The van der Waals surface area contributed by atoms with E-state index in [0.29, 0.717) is 12.8 Å². The van der Waals surface area contributed by atoms with Crippen LogP contribution < -0.4 is 0 Å². The lowest BCUT2D eigenvalue weighted by Gasteiger charge is -2.00. The van der Waals surface area contributed by atoms with E-state index in [2.05, 4.69) is 19.1 Å². The fraction of sp³-hybridized carbons (Fsp3) is 0.850. The van der Waals surface area contributed by atoms with Gasteiger partial charge in [0.25, 0.3) is 0 Å². The number of allylic oxidation sites excluding steroid dienone is 2. The van der Waals surface area contributed by atoms with Crippen molar-refractivity contribution in [3.63, 3.8) is 0 Å². The van der Waals surface area contributed by atoms with Crippen LogP contribution in [0.3, 0.4) is 0 Å². The zero-order chi connectivity index (χ0) is 16.3. The van der Waals surface area contributed by atoms with Gasteiger partial charge in [-0.05, 0) is 32.1 Å². The van der Waals surface area contributed by atoms with Gasteiger partial charge in [0.2, 0.25) is 0 Å². The number of hydrogen-bond acceptors (Lipinski definition) is 2. The highest BCUT2D eigenvalue weighted by Crippen LogP contribution is 2.10. The molecule has 0 rings (SSSR count). The fourth-order valence-electron chi connectivity index (χ4n) is 2.64. The van der Waals surface area contributed by atoms with E-state index in [-0.39, 0.29) is 12.4 Å². The van der Waals surface area contributed by atoms with E-state index in [1.54, 1.807) is 0 Å². The number of aliphatic hydroxyl groups is 1. The van der Waals surface area contributed by atoms with E-state index in [1.807, 2.05) is 0 Å². The molecular weight excluding hydrogens is 272 g/mol. The van der Waals surface area contributed by atoms with Crippen LogP contribution in [0.2, 0.25) is 0 Å². The van der Waals surface area contributed by atoms with E-state index < -0.39 is 0 Å². The first kappa shape index (κ1) is 21.4. The number of rotatable bonds is 17. The molecule has 0 radical (unpaired) electrons. The standard InChI is InChI=1S/C20H38O2/c1-2-3-4-5-6-7-8-9-10-11-12-13-14-15-16-17-20(22)18-19-21/h9-10,21H,2-8,11-19H2,1H3/b10-9-. The van der Waals surface area contributed by atoms with Crippen molar-refractivity contribution < 1.29 is 9.90 Å². The van der Waals surface area contributed by atoms with Gasteiger partial charge in [-0.15, -0.1) is 0 Å². The maximum Gasteiger partial charge on any atom is 0.135 e. The van der Waals surface area contributed by atoms with E-state index >= 15 is 0 Å². The summed E-state index contributed by atoms with van der Waals surface area (Å²) in [5.74, 6) is 0.208. The van der Waals surface area contributed by atoms with E-state index in [0.717, 1.165) is 12.8 Å². The van der Waals surface area contributed by atoms with Gasteiger partial charge in [0.1, 0.15) is 5.78 Å². The van der Waals surface area contributed by atoms with Crippen LogP contribution in [0.5, 0.6) is 0 Å². The molecular formula is C20H38O2. The Kier molecular flexibility index (Phi) is 17.9. The monoisotopic (exact) mass is 310 g/mol. The normalized spacial score (nSPS) is 11.4. The molecule has 0 aromatic carbocycles. The van der Waals surface area contributed by atoms with Crippen molar-refractivity contribution in [3.8, 4) is 0 Å². The summed E-state index contributed by atoms with van der Waals surface area (Å²) in [4.78, 5) is 11.2. The Bertz CT molecular complexity index is 258. The van der Waals surface area contributed by atoms with Crippen molar-refractivity contribution in [2.24, 2.45) is 0 Å². The van der Waals surface area contributed by atoms with Crippen LogP contribution in [0.25, 0.3) is 0 Å². The first-order valence-electron chi connectivity index (χ1n) is 9.58. The van der Waals surface area contributed by atoms with Crippen molar-refractivity contribution in [3.05, 3.63) is 12.2 Å². The zero-order valence-corrected chi connectivity index (χ0v) is 14.8. The molecule has 0 amide bonds. The average molecular weight is 311 g/mol. The molecule has 0 saturated carbocycles. The molecule has 0 bridgehead atoms. The second kappa shape index (κ2) is 18.4. The molecule has 130 valence electrons. The molecule has 22 heavy (non-hydrogen) atoms. The molecule has 0 aliphatic rings. The molecule has 2 nitrogen and oxygen atoms in total. The third-order valence-electron chi connectivity index (χ3n) is 4.11. The van der Waals surface area contributed by atoms with Gasteiger partial charge in [0, 0.05) is 19.4 Å². The first-order valence-corrected chi connectivity index (χ1v) is 9.58. The maximum absolute atomic E-state index is 11.2. The summed E-state index contributed by atoms with van der Waals surface area (Å²) < 4.78 is 0. The Labute approximate surface area is 138 Å². The topological polar surface area (TPSA) is 37.3 Å². The predicted molar refractivity (Wildman–Crippen MR) is 96.2 cm³/mol. The van der Waals surface area contributed by atoms with E-state index in [4.69, 9.17) is 5.11 Å². The third-order valence-corrected chi connectivity index (χ3v) is 4.11. The van der Waals surface area contributed by atoms with Gasteiger partial charge in [-0.25, -0.2) is 0 Å². The molecule has 0 aliphatic carbocycles. The van der Waals surface area contributed by atoms with Gasteiger partial charge in [-0.3, -0.25) is 4.79 Å². The summed E-state index contributed by atoms with van der Waals surface area (Å²) in [6.07, 6.45) is 22.3. The molecule has 0 aromatic heterocycles. The van der Waals surface area contributed by atoms with Crippen molar-refractivity contribution in [2.75, 3.05) is 6.61 Å². The minimum atomic E-state index is 0.00388. The number of ketones is 1. The molecule has 0 spiro atoms. The summed E-state index contributed by atoms with van der Waals surface area (Å²) in [6, 6.07) is 0. The molecule has 0 aromatic rings. The highest BCUT2D eigenvalue weighted by molar-refractivity contribution is 5.78. The van der Waals surface area contributed by atoms with Gasteiger partial charge in [-0.1, -0.05) is 70.4 Å². The van der Waals surface area contributed by atoms with Crippen LogP contribution in [0.4, 0.5) is 0 Å². The van der Waals surface area contributed by atoms with Gasteiger partial charge in [0.15, 0.2) is 0 Å². The number of Topliss-reactive ketones (excluding diaryl/α,β-unsaturated/α-hetero) is 1. The number of unbranched alkanes of at least 4 members (excludes halogenated alkanes) is 11. The van der Waals surface area contributed by atoms with Crippen LogP contribution in [0, 0.1) is 0 Å². The number of carbonyl (C=O) groups excluding carboxylic acids is 1. The lowest BCUT2D eigenvalue weighted by atomic mass is 10.1. The third kappa shape index (κ3) is 17.4. The Balaban J connectivity index is 3.12. The number of carbonyl (C=O) groups is 1. The molecule has 0 saturated heterocycles. The number of aliphatic hydroxyl groups excluding tert-OH is 1. The van der Waals surface area contributed by atoms with Crippen LogP contribution in [-0.2, 0) is 4.79 Å². The summed E-state index contributed by atoms with van der Waals surface area (Å²) in [7, 11) is 0. The zero-order valence-electron chi connectivity index (χ0n) is 14.8. The van der Waals surface area contributed by atoms with Gasteiger partial charge in [-0.2, -0.15) is 0 Å². The molecule has 2 heteroatoms. The fourth-order valence-corrected chi connectivity index (χ4v) is 2.64. The van der Waals surface area contributed by atoms with Crippen molar-refractivity contribution >= 4 is 5.78 Å². The molecule has 0 atom stereocenters. The van der Waals surface area contributed by atoms with Crippen LogP contribution in [0.1, 0.15) is 103 Å². The Morgan fingerprint density at radius 3 is 1.77 bits per heavy atom. The molecule has 0 fully saturated rings. The van der Waals surface area contributed by atoms with Crippen LogP contribution >= 0.6 is 0 Å². The Morgan fingerprint density at radius 2 is 1.23 bits per heavy atom. The SMILES string of the molecule is CCCCCCCC/C=C\CCCCCCCC(=O)CCO. The summed E-state index contributed by atoms with van der Waals surface area (Å²) >= 11 is 0. The van der Waals surface area contributed by atoms with E-state index in [1.165, 1.54) is 70.6 Å². The average Bonchev–Trinajstić information content (AvgIpc) is 2.51. The summed E-state index contributed by atoms with van der Waals surface area (Å²) in [5.41, 5.74) is 0. The van der Waals surface area contributed by atoms with Crippen molar-refractivity contribution in [1.82, 2.24) is 0 Å². The highest BCUT2D eigenvalue weighted by atomic mass is 16.3. The largest absolute Gasteiger partial charge is 0.396 e. The second-order valence-corrected chi connectivity index (χ2v) is 6.35. The molecule has 0 unspecified atom stereocenters.